The Morgan fingerprint density at radius 1 is 1.30 bits per heavy atom. The first-order valence-corrected chi connectivity index (χ1v) is 7.48. The summed E-state index contributed by atoms with van der Waals surface area (Å²) in [5.41, 5.74) is 7.13. The van der Waals surface area contributed by atoms with Crippen LogP contribution in [0.4, 0.5) is 0 Å². The van der Waals surface area contributed by atoms with Crippen LogP contribution in [-0.2, 0) is 11.3 Å². The van der Waals surface area contributed by atoms with Gasteiger partial charge in [0.1, 0.15) is 0 Å². The summed E-state index contributed by atoms with van der Waals surface area (Å²) in [5.74, 6) is 0.231. The molecule has 1 aliphatic rings. The fourth-order valence-corrected chi connectivity index (χ4v) is 2.56. The van der Waals surface area contributed by atoms with E-state index in [2.05, 4.69) is 24.0 Å². The first-order chi connectivity index (χ1) is 9.69. The van der Waals surface area contributed by atoms with E-state index < -0.39 is 0 Å². The zero-order chi connectivity index (χ0) is 14.4. The number of nitrogens with two attached hydrogens (primary N) is 1. The molecule has 0 aromatic heterocycles. The van der Waals surface area contributed by atoms with Crippen molar-refractivity contribution in [2.75, 3.05) is 26.2 Å². The maximum absolute atomic E-state index is 12.3. The molecule has 1 fully saturated rings. The molecule has 0 aliphatic carbocycles. The molecule has 0 unspecified atom stereocenters. The monoisotopic (exact) mass is 275 g/mol. The third-order valence-corrected chi connectivity index (χ3v) is 3.95. The van der Waals surface area contributed by atoms with Gasteiger partial charge in [-0.05, 0) is 24.9 Å². The number of piperidine rings is 1. The number of nitrogens with zero attached hydrogens (tertiary/aromatic N) is 2. The molecule has 20 heavy (non-hydrogen) atoms. The van der Waals surface area contributed by atoms with Gasteiger partial charge >= 0.3 is 0 Å². The van der Waals surface area contributed by atoms with E-state index in [-0.39, 0.29) is 11.9 Å². The van der Waals surface area contributed by atoms with Crippen molar-refractivity contribution < 1.29 is 4.79 Å². The summed E-state index contributed by atoms with van der Waals surface area (Å²) in [5, 5.41) is 0. The number of carbonyl (C=O) groups is 1. The highest BCUT2D eigenvalue weighted by Gasteiger charge is 2.21. The quantitative estimate of drug-likeness (QED) is 0.885. The van der Waals surface area contributed by atoms with Crippen LogP contribution < -0.4 is 5.73 Å². The molecule has 4 nitrogen and oxygen atoms in total. The second-order valence-electron chi connectivity index (χ2n) is 5.51. The van der Waals surface area contributed by atoms with Gasteiger partial charge in [0.05, 0.1) is 6.54 Å². The standard InChI is InChI=1S/C16H25N3O/c1-2-18(12-14-6-4-3-5-7-14)13-16(20)19-10-8-15(17)9-11-19/h3-7,15H,2,8-13,17H2,1H3. The van der Waals surface area contributed by atoms with Crippen molar-refractivity contribution in [2.45, 2.75) is 32.4 Å². The summed E-state index contributed by atoms with van der Waals surface area (Å²) < 4.78 is 0. The molecule has 2 N–H and O–H groups in total. The van der Waals surface area contributed by atoms with Gasteiger partial charge in [-0.3, -0.25) is 9.69 Å². The molecule has 0 spiro atoms. The Bertz CT molecular complexity index is 413. The van der Waals surface area contributed by atoms with E-state index in [0.717, 1.165) is 39.0 Å². The van der Waals surface area contributed by atoms with Crippen LogP contribution >= 0.6 is 0 Å². The van der Waals surface area contributed by atoms with Gasteiger partial charge in [0.15, 0.2) is 0 Å². The lowest BCUT2D eigenvalue weighted by molar-refractivity contribution is -0.133. The predicted molar refractivity (Wildman–Crippen MR) is 81.2 cm³/mol. The number of amides is 1. The molecule has 0 atom stereocenters. The predicted octanol–water partition coefficient (Wildman–Crippen LogP) is 1.46. The van der Waals surface area contributed by atoms with Crippen molar-refractivity contribution in [2.24, 2.45) is 5.73 Å². The molecule has 110 valence electrons. The maximum Gasteiger partial charge on any atom is 0.236 e. The average molecular weight is 275 g/mol. The molecule has 1 aromatic rings. The van der Waals surface area contributed by atoms with Gasteiger partial charge in [-0.15, -0.1) is 0 Å². The summed E-state index contributed by atoms with van der Waals surface area (Å²) >= 11 is 0. The lowest BCUT2D eigenvalue weighted by atomic mass is 10.1. The van der Waals surface area contributed by atoms with E-state index in [0.29, 0.717) is 6.54 Å². The Labute approximate surface area is 121 Å². The molecule has 1 aromatic carbocycles. The van der Waals surface area contributed by atoms with Crippen LogP contribution in [0, 0.1) is 0 Å². The smallest absolute Gasteiger partial charge is 0.236 e. The number of benzene rings is 1. The fraction of sp³-hybridized carbons (Fsp3) is 0.562. The van der Waals surface area contributed by atoms with E-state index in [4.69, 9.17) is 5.73 Å². The number of rotatable bonds is 5. The van der Waals surface area contributed by atoms with Crippen LogP contribution in [0.5, 0.6) is 0 Å². The summed E-state index contributed by atoms with van der Waals surface area (Å²) in [7, 11) is 0. The normalized spacial score (nSPS) is 16.6. The molecule has 1 heterocycles. The van der Waals surface area contributed by atoms with Crippen molar-refractivity contribution in [3.63, 3.8) is 0 Å². The lowest BCUT2D eigenvalue weighted by Crippen LogP contribution is -2.46. The van der Waals surface area contributed by atoms with Gasteiger partial charge < -0.3 is 10.6 Å². The number of carbonyl (C=O) groups excluding carboxylic acids is 1. The van der Waals surface area contributed by atoms with Gasteiger partial charge in [-0.2, -0.15) is 0 Å². The third kappa shape index (κ3) is 4.32. The van der Waals surface area contributed by atoms with Crippen LogP contribution in [0.3, 0.4) is 0 Å². The number of hydrogen-bond acceptors (Lipinski definition) is 3. The molecule has 2 rings (SSSR count). The molecule has 0 saturated carbocycles. The van der Waals surface area contributed by atoms with Crippen molar-refractivity contribution in [3.05, 3.63) is 35.9 Å². The van der Waals surface area contributed by atoms with Gasteiger partial charge in [0, 0.05) is 25.7 Å². The first-order valence-electron chi connectivity index (χ1n) is 7.48. The number of likely N-dealkylation sites (tertiary alicyclic amines) is 1. The van der Waals surface area contributed by atoms with Crippen LogP contribution in [0.25, 0.3) is 0 Å². The van der Waals surface area contributed by atoms with E-state index in [1.54, 1.807) is 0 Å². The van der Waals surface area contributed by atoms with E-state index >= 15 is 0 Å². The van der Waals surface area contributed by atoms with Gasteiger partial charge in [0.25, 0.3) is 0 Å². The molecule has 1 amide bonds. The van der Waals surface area contributed by atoms with E-state index in [9.17, 15) is 4.79 Å². The SMILES string of the molecule is CCN(CC(=O)N1CCC(N)CC1)Cc1ccccc1. The van der Waals surface area contributed by atoms with Crippen LogP contribution in [0.1, 0.15) is 25.3 Å². The Hall–Kier alpha value is -1.39. The fourth-order valence-electron chi connectivity index (χ4n) is 2.56. The molecular formula is C16H25N3O. The average Bonchev–Trinajstić information content (AvgIpc) is 2.48. The lowest BCUT2D eigenvalue weighted by Gasteiger charge is -2.32. The Kier molecular flexibility index (Phi) is 5.56. The number of hydrogen-bond donors (Lipinski definition) is 1. The molecule has 0 radical (unpaired) electrons. The Morgan fingerprint density at radius 2 is 1.95 bits per heavy atom. The van der Waals surface area contributed by atoms with Crippen LogP contribution in [0.2, 0.25) is 0 Å². The zero-order valence-corrected chi connectivity index (χ0v) is 12.3. The van der Waals surface area contributed by atoms with E-state index in [1.165, 1.54) is 5.56 Å². The Morgan fingerprint density at radius 3 is 2.55 bits per heavy atom. The second-order valence-corrected chi connectivity index (χ2v) is 5.51. The minimum Gasteiger partial charge on any atom is -0.341 e. The zero-order valence-electron chi connectivity index (χ0n) is 12.3. The first kappa shape index (κ1) is 15.0. The summed E-state index contributed by atoms with van der Waals surface area (Å²) in [6.45, 7) is 5.93. The summed E-state index contributed by atoms with van der Waals surface area (Å²) in [6, 6.07) is 10.6. The van der Waals surface area contributed by atoms with Gasteiger partial charge in [-0.25, -0.2) is 0 Å². The Balaban J connectivity index is 1.85. The second kappa shape index (κ2) is 7.41. The van der Waals surface area contributed by atoms with Crippen molar-refractivity contribution in [3.8, 4) is 0 Å². The largest absolute Gasteiger partial charge is 0.341 e. The highest BCUT2D eigenvalue weighted by molar-refractivity contribution is 5.78. The molecule has 0 bridgehead atoms. The van der Waals surface area contributed by atoms with Crippen molar-refractivity contribution in [1.82, 2.24) is 9.80 Å². The number of likely N-dealkylation sites (N-methyl/N-ethyl adjacent to an activating group) is 1. The van der Waals surface area contributed by atoms with Gasteiger partial charge in [-0.1, -0.05) is 37.3 Å². The van der Waals surface area contributed by atoms with Gasteiger partial charge in [0.2, 0.25) is 5.91 Å². The van der Waals surface area contributed by atoms with Crippen molar-refractivity contribution in [1.29, 1.82) is 0 Å². The highest BCUT2D eigenvalue weighted by atomic mass is 16.2. The van der Waals surface area contributed by atoms with Crippen molar-refractivity contribution >= 4 is 5.91 Å². The summed E-state index contributed by atoms with van der Waals surface area (Å²) in [4.78, 5) is 16.4. The summed E-state index contributed by atoms with van der Waals surface area (Å²) in [6.07, 6.45) is 1.85. The molecular weight excluding hydrogens is 250 g/mol. The minimum atomic E-state index is 0.231. The molecule has 1 saturated heterocycles. The topological polar surface area (TPSA) is 49.6 Å². The van der Waals surface area contributed by atoms with E-state index in [1.807, 2.05) is 23.1 Å². The van der Waals surface area contributed by atoms with Crippen LogP contribution in [-0.4, -0.2) is 47.9 Å². The third-order valence-electron chi connectivity index (χ3n) is 3.95. The maximum atomic E-state index is 12.3. The van der Waals surface area contributed by atoms with Crippen LogP contribution in [0.15, 0.2) is 30.3 Å². The molecule has 4 heteroatoms. The highest BCUT2D eigenvalue weighted by Crippen LogP contribution is 2.10. The molecule has 1 aliphatic heterocycles. The minimum absolute atomic E-state index is 0.231.